The minimum atomic E-state index is 0.359. The van der Waals surface area contributed by atoms with Crippen molar-refractivity contribution in [3.05, 3.63) is 12.4 Å². The molecule has 0 radical (unpaired) electrons. The monoisotopic (exact) mass is 180 g/mol. The molecule has 1 fully saturated rings. The van der Waals surface area contributed by atoms with Gasteiger partial charge in [-0.15, -0.1) is 0 Å². The van der Waals surface area contributed by atoms with Gasteiger partial charge in [0.05, 0.1) is 25.0 Å². The van der Waals surface area contributed by atoms with E-state index in [9.17, 15) is 0 Å². The molecule has 0 bridgehead atoms. The van der Waals surface area contributed by atoms with Crippen molar-refractivity contribution in [2.75, 3.05) is 24.3 Å². The van der Waals surface area contributed by atoms with Crippen molar-refractivity contribution in [1.29, 1.82) is 0 Å². The molecule has 5 nitrogen and oxygen atoms in total. The van der Waals surface area contributed by atoms with Crippen LogP contribution in [-0.2, 0) is 4.74 Å². The van der Waals surface area contributed by atoms with E-state index in [0.717, 1.165) is 25.5 Å². The summed E-state index contributed by atoms with van der Waals surface area (Å²) >= 11 is 0. The molecule has 1 aliphatic rings. The van der Waals surface area contributed by atoms with E-state index in [1.54, 1.807) is 6.20 Å². The minimum absolute atomic E-state index is 0.359. The summed E-state index contributed by atoms with van der Waals surface area (Å²) in [5, 5.41) is 3.21. The predicted molar refractivity (Wildman–Crippen MR) is 49.3 cm³/mol. The second-order valence-electron chi connectivity index (χ2n) is 3.03. The third-order valence-corrected chi connectivity index (χ3v) is 1.95. The van der Waals surface area contributed by atoms with Crippen LogP contribution in [0, 0.1) is 0 Å². The molecule has 1 aromatic heterocycles. The Bertz CT molecular complexity index is 268. The van der Waals surface area contributed by atoms with Crippen LogP contribution in [0.3, 0.4) is 0 Å². The molecular weight excluding hydrogens is 168 g/mol. The van der Waals surface area contributed by atoms with Crippen molar-refractivity contribution in [2.24, 2.45) is 0 Å². The Kier molecular flexibility index (Phi) is 2.27. The SMILES string of the molecule is Nc1cnc(NC2CCOC2)cn1. The molecule has 0 aromatic carbocycles. The van der Waals surface area contributed by atoms with Gasteiger partial charge in [0.1, 0.15) is 11.6 Å². The van der Waals surface area contributed by atoms with Crippen molar-refractivity contribution in [1.82, 2.24) is 9.97 Å². The summed E-state index contributed by atoms with van der Waals surface area (Å²) in [4.78, 5) is 8.02. The molecule has 2 rings (SSSR count). The average Bonchev–Trinajstić information content (AvgIpc) is 2.62. The summed E-state index contributed by atoms with van der Waals surface area (Å²) in [7, 11) is 0. The van der Waals surface area contributed by atoms with E-state index in [-0.39, 0.29) is 0 Å². The van der Waals surface area contributed by atoms with Gasteiger partial charge in [-0.2, -0.15) is 0 Å². The quantitative estimate of drug-likeness (QED) is 0.683. The smallest absolute Gasteiger partial charge is 0.144 e. The Morgan fingerprint density at radius 1 is 1.46 bits per heavy atom. The number of nitrogen functional groups attached to an aromatic ring is 1. The van der Waals surface area contributed by atoms with Crippen LogP contribution in [0.25, 0.3) is 0 Å². The highest BCUT2D eigenvalue weighted by molar-refractivity contribution is 5.36. The number of rotatable bonds is 2. The normalized spacial score (nSPS) is 21.7. The molecule has 5 heteroatoms. The molecule has 1 aromatic rings. The zero-order valence-electron chi connectivity index (χ0n) is 7.23. The number of nitrogens with zero attached hydrogens (tertiary/aromatic N) is 2. The Morgan fingerprint density at radius 2 is 2.38 bits per heavy atom. The molecule has 13 heavy (non-hydrogen) atoms. The lowest BCUT2D eigenvalue weighted by Crippen LogP contribution is -2.19. The van der Waals surface area contributed by atoms with E-state index in [1.807, 2.05) is 0 Å². The van der Waals surface area contributed by atoms with Gasteiger partial charge in [-0.05, 0) is 6.42 Å². The Balaban J connectivity index is 1.97. The van der Waals surface area contributed by atoms with Crippen molar-refractivity contribution in [3.63, 3.8) is 0 Å². The van der Waals surface area contributed by atoms with Gasteiger partial charge in [-0.3, -0.25) is 0 Å². The van der Waals surface area contributed by atoms with E-state index >= 15 is 0 Å². The standard InChI is InChI=1S/C8H12N4O/c9-7-3-11-8(4-10-7)12-6-1-2-13-5-6/h3-4,6H,1-2,5H2,(H2,9,10)(H,11,12). The summed E-state index contributed by atoms with van der Waals surface area (Å²) in [6.45, 7) is 1.56. The van der Waals surface area contributed by atoms with Gasteiger partial charge < -0.3 is 15.8 Å². The molecule has 0 spiro atoms. The Morgan fingerprint density at radius 3 is 3.00 bits per heavy atom. The lowest BCUT2D eigenvalue weighted by atomic mass is 10.3. The summed E-state index contributed by atoms with van der Waals surface area (Å²) in [5.74, 6) is 1.19. The minimum Gasteiger partial charge on any atom is -0.382 e. The molecule has 3 N–H and O–H groups in total. The van der Waals surface area contributed by atoms with Crippen LogP contribution in [-0.4, -0.2) is 29.2 Å². The zero-order valence-corrected chi connectivity index (χ0v) is 7.23. The van der Waals surface area contributed by atoms with Crippen LogP contribution < -0.4 is 11.1 Å². The maximum Gasteiger partial charge on any atom is 0.144 e. The van der Waals surface area contributed by atoms with E-state index in [1.165, 1.54) is 6.20 Å². The third-order valence-electron chi connectivity index (χ3n) is 1.95. The number of hydrogen-bond acceptors (Lipinski definition) is 5. The number of aromatic nitrogens is 2. The number of nitrogens with one attached hydrogen (secondary N) is 1. The van der Waals surface area contributed by atoms with Gasteiger partial charge in [0, 0.05) is 6.61 Å². The van der Waals surface area contributed by atoms with Gasteiger partial charge in [0.2, 0.25) is 0 Å². The summed E-state index contributed by atoms with van der Waals surface area (Å²) in [5.41, 5.74) is 5.41. The second-order valence-corrected chi connectivity index (χ2v) is 3.03. The highest BCUT2D eigenvalue weighted by atomic mass is 16.5. The Hall–Kier alpha value is -1.36. The van der Waals surface area contributed by atoms with Crippen molar-refractivity contribution >= 4 is 11.6 Å². The fourth-order valence-corrected chi connectivity index (χ4v) is 1.27. The topological polar surface area (TPSA) is 73.1 Å². The number of hydrogen-bond donors (Lipinski definition) is 2. The largest absolute Gasteiger partial charge is 0.382 e. The average molecular weight is 180 g/mol. The lowest BCUT2D eigenvalue weighted by molar-refractivity contribution is 0.195. The van der Waals surface area contributed by atoms with Crippen LogP contribution in [0.1, 0.15) is 6.42 Å². The molecule has 2 heterocycles. The summed E-state index contributed by atoms with van der Waals surface area (Å²) in [6, 6.07) is 0.359. The predicted octanol–water partition coefficient (Wildman–Crippen LogP) is 0.260. The van der Waals surface area contributed by atoms with Crippen molar-refractivity contribution < 1.29 is 4.74 Å². The van der Waals surface area contributed by atoms with Gasteiger partial charge in [0.15, 0.2) is 0 Å². The molecule has 0 amide bonds. The lowest BCUT2D eigenvalue weighted by Gasteiger charge is -2.10. The molecular formula is C8H12N4O. The van der Waals surface area contributed by atoms with E-state index in [0.29, 0.717) is 11.9 Å². The number of ether oxygens (including phenoxy) is 1. The van der Waals surface area contributed by atoms with Crippen LogP contribution >= 0.6 is 0 Å². The first-order valence-electron chi connectivity index (χ1n) is 4.26. The van der Waals surface area contributed by atoms with Crippen molar-refractivity contribution in [3.8, 4) is 0 Å². The molecule has 1 unspecified atom stereocenters. The van der Waals surface area contributed by atoms with E-state index in [2.05, 4.69) is 15.3 Å². The maximum absolute atomic E-state index is 5.41. The van der Waals surface area contributed by atoms with Crippen LogP contribution in [0.4, 0.5) is 11.6 Å². The molecule has 70 valence electrons. The summed E-state index contributed by atoms with van der Waals surface area (Å²) in [6.07, 6.45) is 4.19. The molecule has 1 aliphatic heterocycles. The first kappa shape index (κ1) is 8.25. The highest BCUT2D eigenvalue weighted by Crippen LogP contribution is 2.10. The fraction of sp³-hybridized carbons (Fsp3) is 0.500. The van der Waals surface area contributed by atoms with Crippen LogP contribution in [0.15, 0.2) is 12.4 Å². The van der Waals surface area contributed by atoms with Gasteiger partial charge >= 0.3 is 0 Å². The highest BCUT2D eigenvalue weighted by Gasteiger charge is 2.15. The molecule has 1 saturated heterocycles. The van der Waals surface area contributed by atoms with Gasteiger partial charge in [0.25, 0.3) is 0 Å². The fourth-order valence-electron chi connectivity index (χ4n) is 1.27. The molecule has 1 atom stereocenters. The zero-order chi connectivity index (χ0) is 9.10. The van der Waals surface area contributed by atoms with E-state index in [4.69, 9.17) is 10.5 Å². The van der Waals surface area contributed by atoms with Gasteiger partial charge in [-0.25, -0.2) is 9.97 Å². The van der Waals surface area contributed by atoms with Crippen molar-refractivity contribution in [2.45, 2.75) is 12.5 Å². The van der Waals surface area contributed by atoms with Crippen LogP contribution in [0.5, 0.6) is 0 Å². The summed E-state index contributed by atoms with van der Waals surface area (Å²) < 4.78 is 5.22. The number of nitrogens with two attached hydrogens (primary N) is 1. The number of anilines is 2. The molecule has 0 saturated carbocycles. The maximum atomic E-state index is 5.41. The third kappa shape index (κ3) is 2.06. The first-order valence-corrected chi connectivity index (χ1v) is 4.26. The second kappa shape index (κ2) is 3.57. The Labute approximate surface area is 76.3 Å². The van der Waals surface area contributed by atoms with Crippen LogP contribution in [0.2, 0.25) is 0 Å². The van der Waals surface area contributed by atoms with Gasteiger partial charge in [-0.1, -0.05) is 0 Å². The first-order chi connectivity index (χ1) is 6.34. The molecule has 0 aliphatic carbocycles. The van der Waals surface area contributed by atoms with E-state index < -0.39 is 0 Å².